The molecule has 0 aromatic rings. The van der Waals surface area contributed by atoms with Crippen molar-refractivity contribution in [3.8, 4) is 0 Å². The van der Waals surface area contributed by atoms with Crippen LogP contribution in [0.5, 0.6) is 0 Å². The van der Waals surface area contributed by atoms with E-state index in [9.17, 15) is 52.0 Å². The molecule has 0 rings (SSSR count). The molecule has 0 aliphatic rings. The first-order chi connectivity index (χ1) is 8.71. The molecule has 0 aromatic heterocycles. The van der Waals surface area contributed by atoms with Crippen LogP contribution < -0.4 is 0 Å². The van der Waals surface area contributed by atoms with Gasteiger partial charge in [0.2, 0.25) is 0 Å². The van der Waals surface area contributed by atoms with E-state index in [1.165, 1.54) is 0 Å². The molecule has 0 unspecified atom stereocenters. The monoisotopic (exact) mass is 486 g/mol. The van der Waals surface area contributed by atoms with E-state index in [2.05, 4.69) is 0 Å². The van der Waals surface area contributed by atoms with Gasteiger partial charge in [-0.25, -0.2) is 4.74 Å². The van der Waals surface area contributed by atoms with Gasteiger partial charge >= 0.3 is 43.0 Å². The van der Waals surface area contributed by atoms with Gasteiger partial charge in [0.25, 0.3) is 0 Å². The summed E-state index contributed by atoms with van der Waals surface area (Å²) >= 11 is 0. The molecule has 0 fully saturated rings. The third-order valence-corrected chi connectivity index (χ3v) is 3.35. The van der Waals surface area contributed by atoms with Crippen LogP contribution in [0.2, 0.25) is 0 Å². The molecule has 0 atom stereocenters. The van der Waals surface area contributed by atoms with Crippen LogP contribution in [-0.4, -0.2) is 81.5 Å². The molecule has 0 aliphatic carbocycles. The molecule has 0 saturated heterocycles. The summed E-state index contributed by atoms with van der Waals surface area (Å²) in [6, 6.07) is 0. The van der Waals surface area contributed by atoms with E-state index < -0.39 is 43.0 Å². The van der Waals surface area contributed by atoms with Crippen molar-refractivity contribution < 1.29 is 98.7 Å². The second-order valence-electron chi connectivity index (χ2n) is 3.12. The summed E-state index contributed by atoms with van der Waals surface area (Å²) < 4.78 is 156. The molecule has 0 amide bonds. The fourth-order valence-corrected chi connectivity index (χ4v) is 1.26. The molecule has 14 N–H and O–H groups in total. The molecule has 23 heteroatoms. The largest absolute Gasteiger partial charge is 0.460 e. The first kappa shape index (κ1) is 45.0. The number of hydrogen-bond acceptors (Lipinski definition) is 5. The third-order valence-electron chi connectivity index (χ3n) is 1.58. The first-order valence-electron chi connectivity index (χ1n) is 3.86. The Labute approximate surface area is 142 Å². The summed E-state index contributed by atoms with van der Waals surface area (Å²) in [5.41, 5.74) is 0. The lowest BCUT2D eigenvalue weighted by Gasteiger charge is -2.29. The maximum absolute atomic E-state index is 12.5. The molecule has 0 aliphatic heterocycles. The van der Waals surface area contributed by atoms with Crippen LogP contribution in [0.15, 0.2) is 0 Å². The van der Waals surface area contributed by atoms with Crippen molar-refractivity contribution in [3.63, 3.8) is 0 Å². The third kappa shape index (κ3) is 7.86. The van der Waals surface area contributed by atoms with Gasteiger partial charge < -0.3 is 32.9 Å². The summed E-state index contributed by atoms with van der Waals surface area (Å²) in [6.45, 7) is 0. The van der Waals surface area contributed by atoms with E-state index in [-0.39, 0.29) is 32.9 Å². The minimum atomic E-state index is -7.11. The van der Waals surface area contributed by atoms with Crippen molar-refractivity contribution in [2.45, 2.75) is 22.7 Å². The van der Waals surface area contributed by atoms with E-state index >= 15 is 0 Å². The Balaban J connectivity index is -0.000000133. The second kappa shape index (κ2) is 11.1. The molecule has 13 nitrogen and oxygen atoms in total. The lowest BCUT2D eigenvalue weighted by Crippen LogP contribution is -2.57. The van der Waals surface area contributed by atoms with Gasteiger partial charge in [-0.1, -0.05) is 0 Å². The van der Waals surface area contributed by atoms with Gasteiger partial charge in [-0.2, -0.15) is 52.0 Å². The maximum Gasteiger partial charge on any atom is 0.460 e. The van der Waals surface area contributed by atoms with E-state index in [4.69, 9.17) is 9.11 Å². The lowest BCUT2D eigenvalue weighted by molar-refractivity contribution is -0.443. The molecular formula is C4H14F8O13S2. The fourth-order valence-electron chi connectivity index (χ4n) is 0.580. The highest BCUT2D eigenvalue weighted by Gasteiger charge is 2.77. The van der Waals surface area contributed by atoms with E-state index in [1.54, 1.807) is 4.74 Å². The Morgan fingerprint density at radius 3 is 0.778 bits per heavy atom. The predicted molar refractivity (Wildman–Crippen MR) is 65.7 cm³/mol. The number of hydrogen-bond donors (Lipinski definition) is 2. The first-order valence-corrected chi connectivity index (χ1v) is 6.74. The SMILES string of the molecule is O.O.O.O.O.O.O=S(=O)(O)C(F)(F)C(F)(F)OC(F)(F)C(F)(F)S(=O)(=O)O. The zero-order chi connectivity index (χ0) is 17.7. The lowest BCUT2D eigenvalue weighted by atomic mass is 10.6. The Bertz CT molecular complexity index is 560. The van der Waals surface area contributed by atoms with Crippen LogP contribution >= 0.6 is 0 Å². The summed E-state index contributed by atoms with van der Waals surface area (Å²) in [7, 11) is -14.2. The molecule has 27 heavy (non-hydrogen) atoms. The highest BCUT2D eigenvalue weighted by atomic mass is 32.2. The van der Waals surface area contributed by atoms with Gasteiger partial charge in [0, 0.05) is 0 Å². The normalized spacial score (nSPS) is 12.5. The average Bonchev–Trinajstić information content (AvgIpc) is 2.11. The van der Waals surface area contributed by atoms with E-state index in [0.29, 0.717) is 0 Å². The summed E-state index contributed by atoms with van der Waals surface area (Å²) in [6.07, 6.45) is -14.0. The van der Waals surface area contributed by atoms with Gasteiger partial charge in [0.05, 0.1) is 0 Å². The zero-order valence-electron chi connectivity index (χ0n) is 11.8. The van der Waals surface area contributed by atoms with Crippen LogP contribution in [0.4, 0.5) is 35.1 Å². The topological polar surface area (TPSA) is 307 Å². The molecule has 0 saturated carbocycles. The fraction of sp³-hybridized carbons (Fsp3) is 1.00. The molecule has 0 spiro atoms. The van der Waals surface area contributed by atoms with Gasteiger partial charge in [0.1, 0.15) is 0 Å². The number of alkyl halides is 8. The Hall–Kier alpha value is -1.02. The average molecular weight is 486 g/mol. The van der Waals surface area contributed by atoms with Crippen LogP contribution in [0.3, 0.4) is 0 Å². The van der Waals surface area contributed by atoms with Crippen molar-refractivity contribution in [2.75, 3.05) is 0 Å². The van der Waals surface area contributed by atoms with E-state index in [1.807, 2.05) is 0 Å². The van der Waals surface area contributed by atoms with Gasteiger partial charge in [0.15, 0.2) is 0 Å². The van der Waals surface area contributed by atoms with Crippen molar-refractivity contribution in [2.24, 2.45) is 0 Å². The minimum Gasteiger partial charge on any atom is -0.412 e. The predicted octanol–water partition coefficient (Wildman–Crippen LogP) is -3.80. The van der Waals surface area contributed by atoms with Crippen LogP contribution in [0, 0.1) is 0 Å². The number of halogens is 8. The van der Waals surface area contributed by atoms with Crippen molar-refractivity contribution in [1.82, 2.24) is 0 Å². The zero-order valence-corrected chi connectivity index (χ0v) is 13.4. The summed E-state index contributed by atoms with van der Waals surface area (Å²) in [5, 5.41) is -13.7. The quantitative estimate of drug-likeness (QED) is 0.278. The van der Waals surface area contributed by atoms with Crippen molar-refractivity contribution in [1.29, 1.82) is 0 Å². The van der Waals surface area contributed by atoms with Crippen LogP contribution in [0.1, 0.15) is 0 Å². The highest BCUT2D eigenvalue weighted by molar-refractivity contribution is 7.87. The maximum atomic E-state index is 12.5. The molecule has 0 aromatic carbocycles. The molecule has 0 radical (unpaired) electrons. The Kier molecular flexibility index (Phi) is 18.5. The van der Waals surface area contributed by atoms with E-state index in [0.717, 1.165) is 0 Å². The smallest absolute Gasteiger partial charge is 0.412 e. The summed E-state index contributed by atoms with van der Waals surface area (Å²) in [4.78, 5) is 0. The summed E-state index contributed by atoms with van der Waals surface area (Å²) in [5.74, 6) is 0. The second-order valence-corrected chi connectivity index (χ2v) is 6.05. The standard InChI is InChI=1S/C4H2F8O7S2.6H2O/c5-1(6,3(9,10)20(13,14)15)19-2(7,8)4(11,12)21(16,17)18;;;;;;/h(H,13,14,15)(H,16,17,18);6*1H2. The van der Waals surface area contributed by atoms with Gasteiger partial charge in [-0.3, -0.25) is 9.11 Å². The van der Waals surface area contributed by atoms with Gasteiger partial charge in [-0.05, 0) is 0 Å². The van der Waals surface area contributed by atoms with Crippen molar-refractivity contribution in [3.05, 3.63) is 0 Å². The van der Waals surface area contributed by atoms with Crippen molar-refractivity contribution >= 4 is 20.2 Å². The molecule has 176 valence electrons. The number of ether oxygens (including phenoxy) is 1. The van der Waals surface area contributed by atoms with Gasteiger partial charge in [-0.15, -0.1) is 0 Å². The highest BCUT2D eigenvalue weighted by Crippen LogP contribution is 2.47. The minimum absolute atomic E-state index is 0. The van der Waals surface area contributed by atoms with Crippen LogP contribution in [-0.2, 0) is 25.0 Å². The molecule has 0 bridgehead atoms. The Morgan fingerprint density at radius 1 is 0.519 bits per heavy atom. The molecule has 0 heterocycles. The van der Waals surface area contributed by atoms with Crippen LogP contribution in [0.25, 0.3) is 0 Å². The molecular weight excluding hydrogens is 472 g/mol. The Morgan fingerprint density at radius 2 is 0.667 bits per heavy atom. The number of rotatable bonds is 6.